The Kier molecular flexibility index (Phi) is 5.92. The van der Waals surface area contributed by atoms with Gasteiger partial charge in [-0.15, -0.1) is 0 Å². The lowest BCUT2D eigenvalue weighted by Gasteiger charge is -2.32. The molecule has 1 aliphatic heterocycles. The van der Waals surface area contributed by atoms with Gasteiger partial charge in [-0.2, -0.15) is 4.31 Å². The summed E-state index contributed by atoms with van der Waals surface area (Å²) in [6.45, 7) is 0.468. The van der Waals surface area contributed by atoms with Gasteiger partial charge < -0.3 is 15.2 Å². The van der Waals surface area contributed by atoms with Gasteiger partial charge in [0.15, 0.2) is 6.61 Å². The fourth-order valence-electron chi connectivity index (χ4n) is 2.84. The summed E-state index contributed by atoms with van der Waals surface area (Å²) in [6.07, 6.45) is 4.56. The molecule has 1 saturated heterocycles. The van der Waals surface area contributed by atoms with Crippen molar-refractivity contribution in [3.8, 4) is 11.5 Å². The lowest BCUT2D eigenvalue weighted by Crippen LogP contribution is -2.44. The minimum absolute atomic E-state index is 0.165. The number of rotatable bonds is 7. The molecule has 1 atom stereocenters. The second-order valence-electron chi connectivity index (χ2n) is 6.15. The topological polar surface area (TPSA) is 112 Å². The molecule has 27 heavy (non-hydrogen) atoms. The highest BCUT2D eigenvalue weighted by Gasteiger charge is 2.31. The molecule has 0 spiro atoms. The number of pyridine rings is 1. The van der Waals surface area contributed by atoms with Crippen molar-refractivity contribution in [2.45, 2.75) is 23.8 Å². The van der Waals surface area contributed by atoms with Gasteiger partial charge in [0, 0.05) is 18.9 Å². The van der Waals surface area contributed by atoms with Crippen LogP contribution in [0.5, 0.6) is 11.5 Å². The predicted molar refractivity (Wildman–Crippen MR) is 97.8 cm³/mol. The number of benzene rings is 1. The van der Waals surface area contributed by atoms with Crippen LogP contribution in [0.2, 0.25) is 0 Å². The molecule has 1 amide bonds. The number of hydrogen-bond acceptors (Lipinski definition) is 6. The summed E-state index contributed by atoms with van der Waals surface area (Å²) in [7, 11) is -3.64. The van der Waals surface area contributed by atoms with E-state index in [-0.39, 0.29) is 24.2 Å². The second-order valence-corrected chi connectivity index (χ2v) is 8.09. The van der Waals surface area contributed by atoms with Crippen LogP contribution in [0.3, 0.4) is 0 Å². The number of piperidine rings is 1. The molecule has 9 heteroatoms. The van der Waals surface area contributed by atoms with Crippen LogP contribution in [0.4, 0.5) is 0 Å². The van der Waals surface area contributed by atoms with Gasteiger partial charge in [-0.1, -0.05) is 0 Å². The second kappa shape index (κ2) is 8.36. The Balaban J connectivity index is 1.67. The maximum atomic E-state index is 12.9. The maximum Gasteiger partial charge on any atom is 0.255 e. The van der Waals surface area contributed by atoms with E-state index in [4.69, 9.17) is 15.2 Å². The smallest absolute Gasteiger partial charge is 0.255 e. The van der Waals surface area contributed by atoms with Crippen molar-refractivity contribution in [2.75, 3.05) is 19.7 Å². The zero-order valence-corrected chi connectivity index (χ0v) is 15.5. The van der Waals surface area contributed by atoms with Crippen LogP contribution in [-0.4, -0.2) is 49.4 Å². The monoisotopic (exact) mass is 391 g/mol. The number of nitrogens with two attached hydrogens (primary N) is 1. The summed E-state index contributed by atoms with van der Waals surface area (Å²) < 4.78 is 38.3. The highest BCUT2D eigenvalue weighted by molar-refractivity contribution is 7.89. The Bertz CT molecular complexity index is 872. The number of carbonyl (C=O) groups excluding carboxylic acids is 1. The van der Waals surface area contributed by atoms with Crippen molar-refractivity contribution in [3.05, 3.63) is 48.8 Å². The Labute approximate surface area is 158 Å². The average molecular weight is 391 g/mol. The molecule has 1 unspecified atom stereocenters. The molecule has 1 fully saturated rings. The van der Waals surface area contributed by atoms with Crippen LogP contribution >= 0.6 is 0 Å². The van der Waals surface area contributed by atoms with E-state index >= 15 is 0 Å². The van der Waals surface area contributed by atoms with Gasteiger partial charge in [0.2, 0.25) is 10.0 Å². The normalized spacial score (nSPS) is 18.0. The molecule has 2 heterocycles. The molecular formula is C18H21N3O5S. The van der Waals surface area contributed by atoms with Crippen molar-refractivity contribution in [3.63, 3.8) is 0 Å². The third-order valence-electron chi connectivity index (χ3n) is 4.14. The molecule has 144 valence electrons. The van der Waals surface area contributed by atoms with Crippen molar-refractivity contribution < 1.29 is 22.7 Å². The van der Waals surface area contributed by atoms with E-state index in [2.05, 4.69) is 4.98 Å². The molecule has 0 aliphatic carbocycles. The van der Waals surface area contributed by atoms with E-state index in [1.165, 1.54) is 28.6 Å². The Morgan fingerprint density at radius 1 is 1.15 bits per heavy atom. The SMILES string of the molecule is NC(=O)COc1ccc(S(=O)(=O)N2CCCC(Oc3ccncc3)C2)cc1. The van der Waals surface area contributed by atoms with Gasteiger partial charge in [0.05, 0.1) is 11.4 Å². The zero-order valence-electron chi connectivity index (χ0n) is 14.7. The van der Waals surface area contributed by atoms with Crippen molar-refractivity contribution >= 4 is 15.9 Å². The largest absolute Gasteiger partial charge is 0.489 e. The van der Waals surface area contributed by atoms with E-state index in [0.29, 0.717) is 18.0 Å². The van der Waals surface area contributed by atoms with Gasteiger partial charge in [0.25, 0.3) is 5.91 Å². The summed E-state index contributed by atoms with van der Waals surface area (Å²) in [5, 5.41) is 0. The zero-order chi connectivity index (χ0) is 19.3. The highest BCUT2D eigenvalue weighted by Crippen LogP contribution is 2.24. The van der Waals surface area contributed by atoms with Crippen LogP contribution in [0, 0.1) is 0 Å². The van der Waals surface area contributed by atoms with E-state index in [1.54, 1.807) is 24.5 Å². The number of aromatic nitrogens is 1. The minimum atomic E-state index is -3.64. The van der Waals surface area contributed by atoms with Gasteiger partial charge in [0.1, 0.15) is 17.6 Å². The van der Waals surface area contributed by atoms with E-state index in [1.807, 2.05) is 0 Å². The van der Waals surface area contributed by atoms with Crippen molar-refractivity contribution in [1.82, 2.24) is 9.29 Å². The number of nitrogens with zero attached hydrogens (tertiary/aromatic N) is 2. The van der Waals surface area contributed by atoms with Gasteiger partial charge in [-0.25, -0.2) is 8.42 Å². The lowest BCUT2D eigenvalue weighted by molar-refractivity contribution is -0.119. The average Bonchev–Trinajstić information content (AvgIpc) is 2.68. The lowest BCUT2D eigenvalue weighted by atomic mass is 10.1. The number of amides is 1. The fourth-order valence-corrected chi connectivity index (χ4v) is 4.35. The van der Waals surface area contributed by atoms with Gasteiger partial charge >= 0.3 is 0 Å². The molecule has 1 aromatic carbocycles. The minimum Gasteiger partial charge on any atom is -0.489 e. The molecule has 2 aromatic rings. The Hall–Kier alpha value is -2.65. The predicted octanol–water partition coefficient (Wildman–Crippen LogP) is 1.18. The number of primary amides is 1. The van der Waals surface area contributed by atoms with Crippen LogP contribution in [0.1, 0.15) is 12.8 Å². The summed E-state index contributed by atoms with van der Waals surface area (Å²) in [5.41, 5.74) is 5.02. The number of sulfonamides is 1. The first-order valence-electron chi connectivity index (χ1n) is 8.53. The summed E-state index contributed by atoms with van der Waals surface area (Å²) in [5.74, 6) is 0.454. The van der Waals surface area contributed by atoms with Crippen LogP contribution < -0.4 is 15.2 Å². The first kappa shape index (κ1) is 19.1. The molecule has 0 saturated carbocycles. The molecule has 2 N–H and O–H groups in total. The Morgan fingerprint density at radius 3 is 2.52 bits per heavy atom. The standard InChI is InChI=1S/C18H21N3O5S/c19-18(22)13-25-14-3-5-17(6-4-14)27(23,24)21-11-1-2-16(12-21)26-15-7-9-20-10-8-15/h3-10,16H,1-2,11-13H2,(H2,19,22). The summed E-state index contributed by atoms with van der Waals surface area (Å²) >= 11 is 0. The quantitative estimate of drug-likeness (QED) is 0.758. The fraction of sp³-hybridized carbons (Fsp3) is 0.333. The molecule has 1 aliphatic rings. The Morgan fingerprint density at radius 2 is 1.85 bits per heavy atom. The van der Waals surface area contributed by atoms with E-state index in [9.17, 15) is 13.2 Å². The first-order valence-corrected chi connectivity index (χ1v) is 9.97. The molecule has 0 radical (unpaired) electrons. The third kappa shape index (κ3) is 4.95. The number of hydrogen-bond donors (Lipinski definition) is 1. The molecule has 1 aromatic heterocycles. The van der Waals surface area contributed by atoms with Gasteiger partial charge in [-0.05, 0) is 49.2 Å². The summed E-state index contributed by atoms with van der Waals surface area (Å²) in [6, 6.07) is 9.42. The molecule has 0 bridgehead atoms. The van der Waals surface area contributed by atoms with Crippen molar-refractivity contribution in [1.29, 1.82) is 0 Å². The molecule has 3 rings (SSSR count). The van der Waals surface area contributed by atoms with Crippen LogP contribution in [-0.2, 0) is 14.8 Å². The molecular weight excluding hydrogens is 370 g/mol. The van der Waals surface area contributed by atoms with E-state index in [0.717, 1.165) is 12.8 Å². The maximum absolute atomic E-state index is 12.9. The first-order chi connectivity index (χ1) is 12.9. The summed E-state index contributed by atoms with van der Waals surface area (Å²) in [4.78, 5) is 14.9. The number of ether oxygens (including phenoxy) is 2. The van der Waals surface area contributed by atoms with Crippen LogP contribution in [0.15, 0.2) is 53.7 Å². The van der Waals surface area contributed by atoms with Crippen molar-refractivity contribution in [2.24, 2.45) is 5.73 Å². The highest BCUT2D eigenvalue weighted by atomic mass is 32.2. The van der Waals surface area contributed by atoms with Crippen LogP contribution in [0.25, 0.3) is 0 Å². The molecule has 8 nitrogen and oxygen atoms in total. The van der Waals surface area contributed by atoms with E-state index < -0.39 is 15.9 Å². The van der Waals surface area contributed by atoms with Gasteiger partial charge in [-0.3, -0.25) is 9.78 Å². The third-order valence-corrected chi connectivity index (χ3v) is 6.02. The number of carbonyl (C=O) groups is 1.